The molecule has 162 valence electrons. The van der Waals surface area contributed by atoms with Crippen molar-refractivity contribution in [1.82, 2.24) is 0 Å². The van der Waals surface area contributed by atoms with Crippen molar-refractivity contribution in [1.29, 1.82) is 0 Å². The minimum absolute atomic E-state index is 0. The number of rotatable bonds is 6. The summed E-state index contributed by atoms with van der Waals surface area (Å²) in [6, 6.07) is 33.0. The molecule has 0 aliphatic carbocycles. The number of hydrogen-bond acceptors (Lipinski definition) is 0. The van der Waals surface area contributed by atoms with Crippen LogP contribution >= 0.6 is 15.8 Å². The first-order chi connectivity index (χ1) is 15.3. The molecule has 0 aliphatic rings. The monoisotopic (exact) mass is 546 g/mol. The van der Waals surface area contributed by atoms with E-state index in [-0.39, 0.29) is 36.9 Å². The van der Waals surface area contributed by atoms with Crippen LogP contribution in [0.4, 0.5) is 0 Å². The summed E-state index contributed by atoms with van der Waals surface area (Å²) >= 11 is 0. The van der Waals surface area contributed by atoms with Crippen molar-refractivity contribution in [3.63, 3.8) is 0 Å². The molecule has 0 heterocycles. The van der Waals surface area contributed by atoms with Crippen LogP contribution in [0, 0.1) is 26.6 Å². The maximum Gasteiger partial charge on any atom is 0 e. The van der Waals surface area contributed by atoms with Gasteiger partial charge in [0.1, 0.15) is 0 Å². The maximum atomic E-state index is 7.50. The quantitative estimate of drug-likeness (QED) is 0.191. The number of hydrogen-bond donors (Lipinski definition) is 0. The molecule has 3 aromatic rings. The van der Waals surface area contributed by atoms with Crippen LogP contribution < -0.4 is 15.9 Å². The van der Waals surface area contributed by atoms with Crippen LogP contribution in [0.3, 0.4) is 0 Å². The molecule has 7 heteroatoms. The first-order valence-corrected chi connectivity index (χ1v) is 12.3. The van der Waals surface area contributed by atoms with Gasteiger partial charge in [0.2, 0.25) is 0 Å². The van der Waals surface area contributed by atoms with Crippen molar-refractivity contribution in [2.24, 2.45) is 0 Å². The third-order valence-corrected chi connectivity index (χ3v) is 8.93. The van der Waals surface area contributed by atoms with E-state index >= 15 is 0 Å². The molecule has 3 rings (SSSR count). The van der Waals surface area contributed by atoms with Gasteiger partial charge in [-0.15, -0.1) is 0 Å². The van der Waals surface area contributed by atoms with Gasteiger partial charge in [-0.05, 0) is 42.8 Å². The standard InChI is InChI=1S/C21H22P2.4CO.Mo/c1-22(19-11-5-2-6-12-19)17-18-23(20-13-7-3-8-14-20)21-15-9-4-10-16-21;4*1-2;/h2-16H,17-18H2,1H3;;;;;. The topological polar surface area (TPSA) is 79.6 Å². The van der Waals surface area contributed by atoms with Crippen LogP contribution in [0.25, 0.3) is 0 Å². The summed E-state index contributed by atoms with van der Waals surface area (Å²) in [6.45, 7) is 20.4. The van der Waals surface area contributed by atoms with Gasteiger partial charge in [0.25, 0.3) is 0 Å². The smallest absolute Gasteiger partial charge is 0 e. The Morgan fingerprint density at radius 1 is 0.500 bits per heavy atom. The predicted molar refractivity (Wildman–Crippen MR) is 123 cm³/mol. The average Bonchev–Trinajstić information content (AvgIpc) is 2.90. The Morgan fingerprint density at radius 2 is 0.781 bits per heavy atom. The van der Waals surface area contributed by atoms with Crippen molar-refractivity contribution in [3.05, 3.63) is 118 Å². The zero-order valence-corrected chi connectivity index (χ0v) is 21.3. The first-order valence-electron chi connectivity index (χ1n) is 8.80. The van der Waals surface area contributed by atoms with Crippen molar-refractivity contribution in [2.45, 2.75) is 0 Å². The second kappa shape index (κ2) is 25.4. The van der Waals surface area contributed by atoms with Crippen LogP contribution in [-0.4, -0.2) is 19.0 Å². The molecule has 0 radical (unpaired) electrons. The van der Waals surface area contributed by atoms with Gasteiger partial charge >= 0.3 is 45.2 Å². The first kappa shape index (κ1) is 34.8. The third kappa shape index (κ3) is 13.6. The Balaban J connectivity index is -0.000000844. The van der Waals surface area contributed by atoms with Crippen LogP contribution in [0.1, 0.15) is 0 Å². The molecular weight excluding hydrogens is 522 g/mol. The van der Waals surface area contributed by atoms with E-state index in [2.05, 4.69) is 124 Å². The average molecular weight is 544 g/mol. The summed E-state index contributed by atoms with van der Waals surface area (Å²) in [7, 11) is -0.330. The molecule has 32 heavy (non-hydrogen) atoms. The third-order valence-electron chi connectivity index (χ3n) is 3.99. The molecule has 0 aliphatic heterocycles. The van der Waals surface area contributed by atoms with Gasteiger partial charge in [0, 0.05) is 21.1 Å². The molecule has 0 aromatic heterocycles. The summed E-state index contributed by atoms with van der Waals surface area (Å²) in [5.74, 6) is 0. The van der Waals surface area contributed by atoms with E-state index in [1.165, 1.54) is 28.2 Å². The Kier molecular flexibility index (Phi) is 27.6. The van der Waals surface area contributed by atoms with Crippen LogP contribution in [0.5, 0.6) is 0 Å². The molecule has 0 saturated heterocycles. The summed E-state index contributed by atoms with van der Waals surface area (Å²) in [6.07, 6.45) is 2.55. The molecule has 4 nitrogen and oxygen atoms in total. The molecule has 0 saturated carbocycles. The fraction of sp³-hybridized carbons (Fsp3) is 0.120. The molecule has 0 N–H and O–H groups in total. The van der Waals surface area contributed by atoms with Gasteiger partial charge in [0.15, 0.2) is 0 Å². The Morgan fingerprint density at radius 3 is 1.09 bits per heavy atom. The second-order valence-electron chi connectivity index (χ2n) is 5.58. The van der Waals surface area contributed by atoms with Crippen LogP contribution in [-0.2, 0) is 39.7 Å². The second-order valence-corrected chi connectivity index (χ2v) is 10.3. The molecule has 1 unspecified atom stereocenters. The SMILES string of the molecule is CP(CCP(c1ccccc1)c1ccccc1)c1ccccc1.[C-]#[O+].[C-]#[O+].[C-]#[O+].[C-]#[O+].[Mo]. The van der Waals surface area contributed by atoms with Crippen LogP contribution in [0.2, 0.25) is 0 Å². The van der Waals surface area contributed by atoms with E-state index in [1.807, 2.05) is 0 Å². The number of benzene rings is 3. The van der Waals surface area contributed by atoms with Crippen LogP contribution in [0.15, 0.2) is 91.0 Å². The molecule has 0 spiro atoms. The largest absolute Gasteiger partial charge is 0 e. The molecular formula is C25H22MoO4P2. The normalized spacial score (nSPS) is 9.06. The summed E-state index contributed by atoms with van der Waals surface area (Å²) in [4.78, 5) is 0. The minimum Gasteiger partial charge on any atom is 0 e. The van der Waals surface area contributed by atoms with Gasteiger partial charge in [-0.3, -0.25) is 0 Å². The van der Waals surface area contributed by atoms with Crippen molar-refractivity contribution in [2.75, 3.05) is 19.0 Å². The molecule has 3 aromatic carbocycles. The maximum absolute atomic E-state index is 7.50. The van der Waals surface area contributed by atoms with E-state index in [1.54, 1.807) is 0 Å². The van der Waals surface area contributed by atoms with Gasteiger partial charge in [-0.25, -0.2) is 0 Å². The Labute approximate surface area is 207 Å². The predicted octanol–water partition coefficient (Wildman–Crippen LogP) is 4.40. The van der Waals surface area contributed by atoms with Crippen molar-refractivity contribution >= 4 is 31.8 Å². The van der Waals surface area contributed by atoms with Gasteiger partial charge in [-0.1, -0.05) is 98.9 Å². The van der Waals surface area contributed by atoms with E-state index in [0.29, 0.717) is 0 Å². The minimum atomic E-state index is -0.258. The zero-order chi connectivity index (χ0) is 23.9. The molecule has 1 atom stereocenters. The molecule has 0 bridgehead atoms. The Hall–Kier alpha value is -1.83. The Bertz CT molecular complexity index is 819. The van der Waals surface area contributed by atoms with Gasteiger partial charge < -0.3 is 0 Å². The molecule has 0 fully saturated rings. The summed E-state index contributed by atoms with van der Waals surface area (Å²) < 4.78 is 30.0. The van der Waals surface area contributed by atoms with Crippen molar-refractivity contribution in [3.8, 4) is 0 Å². The van der Waals surface area contributed by atoms with Gasteiger partial charge in [-0.2, -0.15) is 0 Å². The summed E-state index contributed by atoms with van der Waals surface area (Å²) in [5.41, 5.74) is 0. The van der Waals surface area contributed by atoms with E-state index in [9.17, 15) is 0 Å². The van der Waals surface area contributed by atoms with E-state index in [4.69, 9.17) is 18.6 Å². The van der Waals surface area contributed by atoms with E-state index in [0.717, 1.165) is 0 Å². The van der Waals surface area contributed by atoms with E-state index < -0.39 is 0 Å². The summed E-state index contributed by atoms with van der Waals surface area (Å²) in [5, 5.41) is 4.49. The zero-order valence-electron chi connectivity index (χ0n) is 17.5. The fourth-order valence-corrected chi connectivity index (χ4v) is 7.50. The van der Waals surface area contributed by atoms with Crippen molar-refractivity contribution < 1.29 is 39.7 Å². The molecule has 0 amide bonds. The van der Waals surface area contributed by atoms with Gasteiger partial charge in [0.05, 0.1) is 0 Å². The fourth-order valence-electron chi connectivity index (χ4n) is 2.68.